The Morgan fingerprint density at radius 1 is 1.18 bits per heavy atom. The summed E-state index contributed by atoms with van der Waals surface area (Å²) in [6, 6.07) is 3.70. The van der Waals surface area contributed by atoms with E-state index in [9.17, 15) is 24.2 Å². The Labute approximate surface area is 169 Å². The van der Waals surface area contributed by atoms with Crippen LogP contribution in [-0.2, 0) is 6.42 Å². The van der Waals surface area contributed by atoms with Crippen LogP contribution in [0.15, 0.2) is 29.8 Å². The van der Waals surface area contributed by atoms with E-state index < -0.39 is 17.8 Å². The normalized spacial score (nSPS) is 10.9. The Morgan fingerprint density at radius 3 is 2.36 bits per heavy atom. The average molecular weight is 420 g/mol. The molecule has 0 saturated heterocycles. The van der Waals surface area contributed by atoms with Gasteiger partial charge in [0.1, 0.15) is 10.8 Å². The van der Waals surface area contributed by atoms with Gasteiger partial charge in [-0.15, -0.1) is 11.3 Å². The summed E-state index contributed by atoms with van der Waals surface area (Å²) in [6.07, 6.45) is 1.85. The molecule has 0 amide bonds. The van der Waals surface area contributed by atoms with Gasteiger partial charge in [0.05, 0.1) is 16.1 Å². The zero-order valence-corrected chi connectivity index (χ0v) is 16.5. The van der Waals surface area contributed by atoms with Crippen molar-refractivity contribution < 1.29 is 24.2 Å². The molecule has 2 aromatic carbocycles. The van der Waals surface area contributed by atoms with Crippen LogP contribution >= 0.6 is 22.9 Å². The number of hydrogen-bond donors (Lipinski definition) is 2. The lowest BCUT2D eigenvalue weighted by atomic mass is 9.83. The van der Waals surface area contributed by atoms with Crippen molar-refractivity contribution in [1.29, 1.82) is 0 Å². The van der Waals surface area contributed by atoms with Crippen molar-refractivity contribution in [3.05, 3.63) is 62.9 Å². The number of rotatable bonds is 5. The van der Waals surface area contributed by atoms with E-state index in [0.29, 0.717) is 23.1 Å². The monoisotopic (exact) mass is 419 g/mol. The molecular formula is C20H15ClFNO4S. The minimum Gasteiger partial charge on any atom is -0.478 e. The van der Waals surface area contributed by atoms with Crippen molar-refractivity contribution in [2.75, 3.05) is 0 Å². The number of carboxylic acids is 2. The minimum atomic E-state index is -1.31. The maximum absolute atomic E-state index is 13.6. The molecule has 0 aliphatic carbocycles. The van der Waals surface area contributed by atoms with Gasteiger partial charge in [-0.3, -0.25) is 0 Å². The zero-order valence-electron chi connectivity index (χ0n) is 14.9. The van der Waals surface area contributed by atoms with Crippen LogP contribution in [0.1, 0.15) is 38.8 Å². The fourth-order valence-corrected chi connectivity index (χ4v) is 4.36. The van der Waals surface area contributed by atoms with E-state index in [2.05, 4.69) is 4.98 Å². The lowest BCUT2D eigenvalue weighted by molar-refractivity contribution is 0.0695. The third-order valence-corrected chi connectivity index (χ3v) is 5.61. The molecule has 0 aliphatic rings. The highest BCUT2D eigenvalue weighted by Crippen LogP contribution is 2.43. The van der Waals surface area contributed by atoms with Crippen molar-refractivity contribution in [1.82, 2.24) is 4.98 Å². The van der Waals surface area contributed by atoms with Crippen LogP contribution in [0.25, 0.3) is 21.7 Å². The molecule has 28 heavy (non-hydrogen) atoms. The molecule has 8 heteroatoms. The first-order chi connectivity index (χ1) is 13.3. The van der Waals surface area contributed by atoms with Gasteiger partial charge in [-0.25, -0.2) is 19.0 Å². The quantitative estimate of drug-likeness (QED) is 0.567. The zero-order chi connectivity index (χ0) is 20.6. The summed E-state index contributed by atoms with van der Waals surface area (Å²) in [7, 11) is 0. The van der Waals surface area contributed by atoms with Gasteiger partial charge < -0.3 is 10.2 Å². The molecule has 3 rings (SSSR count). The van der Waals surface area contributed by atoms with Gasteiger partial charge in [0.2, 0.25) is 0 Å². The van der Waals surface area contributed by atoms with Crippen LogP contribution in [-0.4, -0.2) is 27.1 Å². The maximum Gasteiger partial charge on any atom is 0.337 e. The van der Waals surface area contributed by atoms with E-state index >= 15 is 0 Å². The van der Waals surface area contributed by atoms with E-state index in [4.69, 9.17) is 11.6 Å². The number of aromatic nitrogens is 1. The second kappa shape index (κ2) is 7.69. The molecule has 144 valence electrons. The number of aromatic carboxylic acids is 2. The number of carboxylic acid groups (broad SMARTS) is 2. The Balaban J connectivity index is 2.59. The molecule has 0 spiro atoms. The summed E-state index contributed by atoms with van der Waals surface area (Å²) < 4.78 is 13.6. The standard InChI is InChI=1S/C20H15ClFNO4S/c1-3-11-9(2)14(19(24)25)16(18-23-6-7-28-18)17(20(26)27)15(11)12-5-4-10(22)8-13(12)21/h4-8H,3H2,1-2H3,(H,24,25)(H,26,27). The number of nitrogens with zero attached hydrogens (tertiary/aromatic N) is 1. The fraction of sp³-hybridized carbons (Fsp3) is 0.150. The Kier molecular flexibility index (Phi) is 5.49. The van der Waals surface area contributed by atoms with E-state index in [1.54, 1.807) is 19.2 Å². The summed E-state index contributed by atoms with van der Waals surface area (Å²) >= 11 is 7.38. The first-order valence-corrected chi connectivity index (χ1v) is 9.54. The predicted molar refractivity (Wildman–Crippen MR) is 106 cm³/mol. The van der Waals surface area contributed by atoms with Gasteiger partial charge in [0.25, 0.3) is 0 Å². The second-order valence-corrected chi connectivity index (χ2v) is 7.33. The molecule has 0 aliphatic heterocycles. The minimum absolute atomic E-state index is 0.0279. The Morgan fingerprint density at radius 2 is 1.86 bits per heavy atom. The number of halogens is 2. The van der Waals surface area contributed by atoms with Gasteiger partial charge in [0, 0.05) is 28.3 Å². The molecule has 5 nitrogen and oxygen atoms in total. The molecule has 2 N–H and O–H groups in total. The average Bonchev–Trinajstić information content (AvgIpc) is 3.14. The fourth-order valence-electron chi connectivity index (χ4n) is 3.40. The smallest absolute Gasteiger partial charge is 0.337 e. The maximum atomic E-state index is 13.6. The lowest BCUT2D eigenvalue weighted by Gasteiger charge is -2.21. The molecule has 3 aromatic rings. The molecule has 1 aromatic heterocycles. The van der Waals surface area contributed by atoms with Crippen molar-refractivity contribution in [3.8, 4) is 21.7 Å². The van der Waals surface area contributed by atoms with Crippen LogP contribution in [0, 0.1) is 12.7 Å². The van der Waals surface area contributed by atoms with Crippen molar-refractivity contribution in [2.24, 2.45) is 0 Å². The Bertz CT molecular complexity index is 1100. The first kappa shape index (κ1) is 20.0. The van der Waals surface area contributed by atoms with Gasteiger partial charge >= 0.3 is 11.9 Å². The van der Waals surface area contributed by atoms with Gasteiger partial charge in [-0.2, -0.15) is 0 Å². The van der Waals surface area contributed by atoms with E-state index in [1.807, 2.05) is 0 Å². The highest BCUT2D eigenvalue weighted by atomic mass is 35.5. The molecule has 0 bridgehead atoms. The number of benzene rings is 2. The van der Waals surface area contributed by atoms with Crippen LogP contribution in [0.5, 0.6) is 0 Å². The highest BCUT2D eigenvalue weighted by Gasteiger charge is 2.31. The molecule has 0 atom stereocenters. The summed E-state index contributed by atoms with van der Waals surface area (Å²) in [5, 5.41) is 21.8. The van der Waals surface area contributed by atoms with Gasteiger partial charge in [-0.05, 0) is 42.7 Å². The molecule has 0 unspecified atom stereocenters. The van der Waals surface area contributed by atoms with Crippen LogP contribution in [0.3, 0.4) is 0 Å². The van der Waals surface area contributed by atoms with Gasteiger partial charge in [0.15, 0.2) is 0 Å². The van der Waals surface area contributed by atoms with Crippen molar-refractivity contribution in [2.45, 2.75) is 20.3 Å². The largest absolute Gasteiger partial charge is 0.478 e. The SMILES string of the molecule is CCc1c(C)c(C(=O)O)c(-c2nccs2)c(C(=O)O)c1-c1ccc(F)cc1Cl. The second-order valence-electron chi connectivity index (χ2n) is 6.03. The van der Waals surface area contributed by atoms with E-state index in [0.717, 1.165) is 17.4 Å². The predicted octanol–water partition coefficient (Wildman–Crippen LogP) is 5.54. The number of thiazole rings is 1. The molecular weight excluding hydrogens is 405 g/mol. The molecule has 0 radical (unpaired) electrons. The molecule has 0 fully saturated rings. The molecule has 1 heterocycles. The van der Waals surface area contributed by atoms with Gasteiger partial charge in [-0.1, -0.05) is 18.5 Å². The molecule has 0 saturated carbocycles. The third-order valence-electron chi connectivity index (χ3n) is 4.51. The summed E-state index contributed by atoms with van der Waals surface area (Å²) in [6.45, 7) is 3.43. The van der Waals surface area contributed by atoms with Crippen LogP contribution < -0.4 is 0 Å². The van der Waals surface area contributed by atoms with Crippen LogP contribution in [0.4, 0.5) is 4.39 Å². The number of carbonyl (C=O) groups is 2. The van der Waals surface area contributed by atoms with Crippen molar-refractivity contribution in [3.63, 3.8) is 0 Å². The summed E-state index contributed by atoms with van der Waals surface area (Å²) in [5.74, 6) is -3.10. The Hall–Kier alpha value is -2.77. The number of hydrogen-bond acceptors (Lipinski definition) is 4. The van der Waals surface area contributed by atoms with Crippen molar-refractivity contribution >= 4 is 34.9 Å². The van der Waals surface area contributed by atoms with E-state index in [-0.39, 0.29) is 32.3 Å². The third kappa shape index (κ3) is 3.27. The first-order valence-electron chi connectivity index (χ1n) is 8.29. The lowest BCUT2D eigenvalue weighted by Crippen LogP contribution is -2.14. The topological polar surface area (TPSA) is 87.5 Å². The highest BCUT2D eigenvalue weighted by molar-refractivity contribution is 7.13. The summed E-state index contributed by atoms with van der Waals surface area (Å²) in [5.41, 5.74) is 1.29. The van der Waals surface area contributed by atoms with Crippen LogP contribution in [0.2, 0.25) is 5.02 Å². The van der Waals surface area contributed by atoms with E-state index in [1.165, 1.54) is 18.3 Å². The summed E-state index contributed by atoms with van der Waals surface area (Å²) in [4.78, 5) is 28.5.